The number of hydrogen-bond acceptors (Lipinski definition) is 5. The Morgan fingerprint density at radius 1 is 1.15 bits per heavy atom. The summed E-state index contributed by atoms with van der Waals surface area (Å²) in [6, 6.07) is 14.4. The van der Waals surface area contributed by atoms with Gasteiger partial charge in [-0.2, -0.15) is 0 Å². The maximum absolute atomic E-state index is 6.20. The molecule has 1 unspecified atom stereocenters. The minimum atomic E-state index is 0. The molecule has 2 aromatic carbocycles. The molecular formula is C25H37IN4O3. The van der Waals surface area contributed by atoms with Crippen molar-refractivity contribution in [2.75, 3.05) is 47.5 Å². The zero-order valence-corrected chi connectivity index (χ0v) is 22.4. The zero-order valence-electron chi connectivity index (χ0n) is 20.1. The molecule has 0 aromatic heterocycles. The Balaban J connectivity index is 0.00000385. The Morgan fingerprint density at radius 3 is 2.70 bits per heavy atom. The summed E-state index contributed by atoms with van der Waals surface area (Å²) >= 11 is 0. The number of halogens is 1. The van der Waals surface area contributed by atoms with Gasteiger partial charge in [-0.25, -0.2) is 0 Å². The van der Waals surface area contributed by atoms with E-state index in [2.05, 4.69) is 57.8 Å². The number of benzene rings is 2. The van der Waals surface area contributed by atoms with Crippen LogP contribution in [-0.2, 0) is 17.8 Å². The number of nitrogens with zero attached hydrogens (tertiary/aromatic N) is 2. The van der Waals surface area contributed by atoms with Gasteiger partial charge in [-0.3, -0.25) is 4.99 Å². The lowest BCUT2D eigenvalue weighted by molar-refractivity contribution is 0.140. The molecule has 8 heteroatoms. The maximum atomic E-state index is 6.20. The van der Waals surface area contributed by atoms with E-state index in [4.69, 9.17) is 14.2 Å². The van der Waals surface area contributed by atoms with Crippen LogP contribution in [0.1, 0.15) is 23.1 Å². The van der Waals surface area contributed by atoms with Gasteiger partial charge in [0.2, 0.25) is 0 Å². The van der Waals surface area contributed by atoms with Gasteiger partial charge in [-0.15, -0.1) is 24.0 Å². The molecule has 0 bridgehead atoms. The lowest BCUT2D eigenvalue weighted by Crippen LogP contribution is -2.36. The third-order valence-electron chi connectivity index (χ3n) is 5.24. The first-order valence-electron chi connectivity index (χ1n) is 11.2. The van der Waals surface area contributed by atoms with Crippen LogP contribution in [0.15, 0.2) is 47.5 Å². The molecule has 2 N–H and O–H groups in total. The molecule has 182 valence electrons. The van der Waals surface area contributed by atoms with Crippen LogP contribution in [0.3, 0.4) is 0 Å². The predicted octanol–water partition coefficient (Wildman–Crippen LogP) is 3.59. The summed E-state index contributed by atoms with van der Waals surface area (Å²) in [5, 5.41) is 6.77. The molecule has 0 radical (unpaired) electrons. The largest absolute Gasteiger partial charge is 0.492 e. The molecule has 1 saturated heterocycles. The summed E-state index contributed by atoms with van der Waals surface area (Å²) in [5.74, 6) is 2.53. The highest BCUT2D eigenvalue weighted by Gasteiger charge is 2.18. The first-order chi connectivity index (χ1) is 15.5. The topological polar surface area (TPSA) is 67.4 Å². The monoisotopic (exact) mass is 568 g/mol. The first-order valence-corrected chi connectivity index (χ1v) is 11.2. The van der Waals surface area contributed by atoms with E-state index >= 15 is 0 Å². The maximum Gasteiger partial charge on any atom is 0.191 e. The highest BCUT2D eigenvalue weighted by Crippen LogP contribution is 2.23. The van der Waals surface area contributed by atoms with E-state index in [1.807, 2.05) is 26.2 Å². The van der Waals surface area contributed by atoms with Crippen molar-refractivity contribution in [1.29, 1.82) is 0 Å². The second kappa shape index (κ2) is 14.3. The van der Waals surface area contributed by atoms with Crippen LogP contribution >= 0.6 is 24.0 Å². The normalized spacial score (nSPS) is 15.8. The molecule has 1 aliphatic rings. The molecule has 1 atom stereocenters. The van der Waals surface area contributed by atoms with Crippen molar-refractivity contribution < 1.29 is 14.2 Å². The summed E-state index contributed by atoms with van der Waals surface area (Å²) in [5.41, 5.74) is 3.41. The number of ether oxygens (including phenoxy) is 3. The van der Waals surface area contributed by atoms with E-state index in [0.717, 1.165) is 48.2 Å². The van der Waals surface area contributed by atoms with E-state index < -0.39 is 0 Å². The Hall–Kier alpha value is -2.04. The van der Waals surface area contributed by atoms with Gasteiger partial charge in [0.05, 0.1) is 13.2 Å². The molecule has 1 fully saturated rings. The average molecular weight is 569 g/mol. The predicted molar refractivity (Wildman–Crippen MR) is 144 cm³/mol. The average Bonchev–Trinajstić information content (AvgIpc) is 3.28. The van der Waals surface area contributed by atoms with Gasteiger partial charge in [-0.05, 0) is 50.3 Å². The van der Waals surface area contributed by atoms with Crippen LogP contribution in [0, 0.1) is 6.92 Å². The van der Waals surface area contributed by atoms with Crippen molar-refractivity contribution >= 4 is 29.9 Å². The fourth-order valence-corrected chi connectivity index (χ4v) is 3.38. The molecule has 7 nitrogen and oxygen atoms in total. The number of rotatable bonds is 10. The molecule has 33 heavy (non-hydrogen) atoms. The van der Waals surface area contributed by atoms with Gasteiger partial charge < -0.3 is 29.7 Å². The van der Waals surface area contributed by atoms with E-state index in [-0.39, 0.29) is 30.1 Å². The van der Waals surface area contributed by atoms with E-state index in [9.17, 15) is 0 Å². The minimum absolute atomic E-state index is 0. The Bertz CT molecular complexity index is 886. The molecule has 2 aromatic rings. The summed E-state index contributed by atoms with van der Waals surface area (Å²) < 4.78 is 17.5. The Kier molecular flexibility index (Phi) is 11.8. The van der Waals surface area contributed by atoms with Gasteiger partial charge in [0, 0.05) is 38.7 Å². The molecule has 0 aliphatic carbocycles. The molecule has 1 aliphatic heterocycles. The van der Waals surface area contributed by atoms with Gasteiger partial charge in [0.1, 0.15) is 24.2 Å². The van der Waals surface area contributed by atoms with Gasteiger partial charge >= 0.3 is 0 Å². The molecule has 0 spiro atoms. The van der Waals surface area contributed by atoms with E-state index in [0.29, 0.717) is 26.3 Å². The summed E-state index contributed by atoms with van der Waals surface area (Å²) in [6.45, 7) is 6.33. The molecule has 3 rings (SSSR count). The summed E-state index contributed by atoms with van der Waals surface area (Å²) in [6.07, 6.45) is 1.06. The van der Waals surface area contributed by atoms with Crippen LogP contribution in [0.2, 0.25) is 0 Å². The van der Waals surface area contributed by atoms with Crippen LogP contribution < -0.4 is 20.1 Å². The van der Waals surface area contributed by atoms with Gasteiger partial charge in [0.15, 0.2) is 5.96 Å². The highest BCUT2D eigenvalue weighted by molar-refractivity contribution is 14.0. The number of guanidine groups is 1. The van der Waals surface area contributed by atoms with E-state index in [1.165, 1.54) is 5.56 Å². The lowest BCUT2D eigenvalue weighted by Gasteiger charge is -2.18. The molecule has 0 amide bonds. The van der Waals surface area contributed by atoms with Crippen LogP contribution in [-0.4, -0.2) is 64.5 Å². The van der Waals surface area contributed by atoms with E-state index in [1.54, 1.807) is 7.05 Å². The van der Waals surface area contributed by atoms with Crippen molar-refractivity contribution in [2.45, 2.75) is 32.5 Å². The standard InChI is InChI=1S/C25H36N4O3.HI/c1-19-8-9-21(24(14-19)32-23-10-12-30-18-23)17-28-25(26-2)27-16-20-6-5-7-22(15-20)31-13-11-29(3)4;/h5-9,14-15,23H,10-13,16-18H2,1-4H3,(H2,26,27,28);1H. The smallest absolute Gasteiger partial charge is 0.191 e. The van der Waals surface area contributed by atoms with Gasteiger partial charge in [0.25, 0.3) is 0 Å². The van der Waals surface area contributed by atoms with Crippen LogP contribution in [0.4, 0.5) is 0 Å². The fraction of sp³-hybridized carbons (Fsp3) is 0.480. The van der Waals surface area contributed by atoms with Crippen molar-refractivity contribution in [1.82, 2.24) is 15.5 Å². The third-order valence-corrected chi connectivity index (χ3v) is 5.24. The SMILES string of the molecule is CN=C(NCc1cccc(OCCN(C)C)c1)NCc1ccc(C)cc1OC1CCOC1.I. The van der Waals surface area contributed by atoms with Crippen molar-refractivity contribution in [3.8, 4) is 11.5 Å². The number of aryl methyl sites for hydroxylation is 1. The zero-order chi connectivity index (χ0) is 22.8. The van der Waals surface area contributed by atoms with Crippen LogP contribution in [0.25, 0.3) is 0 Å². The Labute approximate surface area is 214 Å². The lowest BCUT2D eigenvalue weighted by atomic mass is 10.1. The molecule has 0 saturated carbocycles. The second-order valence-corrected chi connectivity index (χ2v) is 8.29. The first kappa shape index (κ1) is 27.2. The van der Waals surface area contributed by atoms with Crippen molar-refractivity contribution in [2.24, 2.45) is 4.99 Å². The third kappa shape index (κ3) is 9.38. The highest BCUT2D eigenvalue weighted by atomic mass is 127. The quantitative estimate of drug-likeness (QED) is 0.260. The summed E-state index contributed by atoms with van der Waals surface area (Å²) in [7, 11) is 5.85. The van der Waals surface area contributed by atoms with Crippen LogP contribution in [0.5, 0.6) is 11.5 Å². The number of aliphatic imine (C=N–C) groups is 1. The molecule has 1 heterocycles. The number of hydrogen-bond donors (Lipinski definition) is 2. The van der Waals surface area contributed by atoms with Crippen molar-refractivity contribution in [3.05, 3.63) is 59.2 Å². The number of likely N-dealkylation sites (N-methyl/N-ethyl adjacent to an activating group) is 1. The molecular weight excluding hydrogens is 531 g/mol. The number of nitrogens with one attached hydrogen (secondary N) is 2. The van der Waals surface area contributed by atoms with Gasteiger partial charge in [-0.1, -0.05) is 24.3 Å². The van der Waals surface area contributed by atoms with Crippen molar-refractivity contribution in [3.63, 3.8) is 0 Å². The Morgan fingerprint density at radius 2 is 1.97 bits per heavy atom. The second-order valence-electron chi connectivity index (χ2n) is 8.29. The fourth-order valence-electron chi connectivity index (χ4n) is 3.38. The summed E-state index contributed by atoms with van der Waals surface area (Å²) in [4.78, 5) is 6.46. The minimum Gasteiger partial charge on any atom is -0.492 e.